The molecule has 96 valence electrons. The van der Waals surface area contributed by atoms with Gasteiger partial charge in [-0.3, -0.25) is 0 Å². The fourth-order valence-electron chi connectivity index (χ4n) is 1.53. The topological polar surface area (TPSA) is 92.6 Å². The van der Waals surface area contributed by atoms with E-state index in [1.54, 1.807) is 7.11 Å². The zero-order valence-electron chi connectivity index (χ0n) is 9.80. The van der Waals surface area contributed by atoms with E-state index >= 15 is 0 Å². The van der Waals surface area contributed by atoms with E-state index in [0.717, 1.165) is 0 Å². The summed E-state index contributed by atoms with van der Waals surface area (Å²) in [4.78, 5) is 4.22. The van der Waals surface area contributed by atoms with Crippen LogP contribution in [0.25, 0.3) is 0 Å². The van der Waals surface area contributed by atoms with Gasteiger partial charge in [0, 0.05) is 13.7 Å². The third-order valence-corrected chi connectivity index (χ3v) is 2.51. The normalized spacial score (nSPS) is 22.6. The van der Waals surface area contributed by atoms with Gasteiger partial charge in [0.1, 0.15) is 6.10 Å². The van der Waals surface area contributed by atoms with Crippen molar-refractivity contribution in [3.63, 3.8) is 0 Å². The largest absolute Gasteiger partial charge is 0.385 e. The van der Waals surface area contributed by atoms with Gasteiger partial charge in [0.25, 0.3) is 0 Å². The van der Waals surface area contributed by atoms with Gasteiger partial charge >= 0.3 is 0 Å². The first-order valence-corrected chi connectivity index (χ1v) is 5.58. The molecule has 0 saturated carbocycles. The van der Waals surface area contributed by atoms with Crippen molar-refractivity contribution in [2.24, 2.45) is 5.73 Å². The van der Waals surface area contributed by atoms with Crippen molar-refractivity contribution in [2.75, 3.05) is 33.5 Å². The summed E-state index contributed by atoms with van der Waals surface area (Å²) < 4.78 is 20.8. The Balaban J connectivity index is 1.94. The standard InChI is InChI=1S/C10H17N3O4/c1-14-3-2-7(11)10-12-9(13-17-10)8-6-15-4-5-16-8/h7-8H,2-6,11H2,1H3. The van der Waals surface area contributed by atoms with Crippen molar-refractivity contribution in [1.29, 1.82) is 0 Å². The summed E-state index contributed by atoms with van der Waals surface area (Å²) in [5, 5.41) is 3.86. The SMILES string of the molecule is COCCC(N)c1nc(C2COCCO2)no1. The first-order chi connectivity index (χ1) is 8.31. The molecule has 2 rings (SSSR count). The molecule has 7 nitrogen and oxygen atoms in total. The molecule has 0 radical (unpaired) electrons. The molecule has 1 fully saturated rings. The van der Waals surface area contributed by atoms with Crippen molar-refractivity contribution >= 4 is 0 Å². The molecule has 17 heavy (non-hydrogen) atoms. The molecule has 1 saturated heterocycles. The van der Waals surface area contributed by atoms with Crippen LogP contribution in [0.15, 0.2) is 4.52 Å². The minimum Gasteiger partial charge on any atom is -0.385 e. The molecule has 2 heterocycles. The zero-order valence-corrected chi connectivity index (χ0v) is 9.80. The van der Waals surface area contributed by atoms with Gasteiger partial charge in [0.15, 0.2) is 0 Å². The van der Waals surface area contributed by atoms with Gasteiger partial charge in [-0.05, 0) is 6.42 Å². The van der Waals surface area contributed by atoms with Crippen LogP contribution >= 0.6 is 0 Å². The number of nitrogens with zero attached hydrogens (tertiary/aromatic N) is 2. The molecule has 1 aliphatic rings. The highest BCUT2D eigenvalue weighted by Gasteiger charge is 2.24. The Kier molecular flexibility index (Phi) is 4.43. The second kappa shape index (κ2) is 6.06. The monoisotopic (exact) mass is 243 g/mol. The first kappa shape index (κ1) is 12.4. The molecule has 2 atom stereocenters. The molecule has 0 amide bonds. The molecule has 0 spiro atoms. The van der Waals surface area contributed by atoms with Gasteiger partial charge < -0.3 is 24.5 Å². The molecule has 1 aromatic heterocycles. The van der Waals surface area contributed by atoms with Gasteiger partial charge in [-0.25, -0.2) is 0 Å². The predicted octanol–water partition coefficient (Wildman–Crippen LogP) is 0.194. The van der Waals surface area contributed by atoms with Crippen LogP contribution in [0.2, 0.25) is 0 Å². The predicted molar refractivity (Wildman–Crippen MR) is 57.2 cm³/mol. The third kappa shape index (κ3) is 3.22. The number of rotatable bonds is 5. The lowest BCUT2D eigenvalue weighted by atomic mass is 10.2. The summed E-state index contributed by atoms with van der Waals surface area (Å²) in [6.45, 7) is 2.16. The van der Waals surface area contributed by atoms with Crippen LogP contribution < -0.4 is 5.73 Å². The average Bonchev–Trinajstić information content (AvgIpc) is 2.86. The van der Waals surface area contributed by atoms with Gasteiger partial charge in [-0.1, -0.05) is 5.16 Å². The lowest BCUT2D eigenvalue weighted by Crippen LogP contribution is -2.23. The molecule has 0 bridgehead atoms. The van der Waals surface area contributed by atoms with Crippen LogP contribution in [-0.4, -0.2) is 43.7 Å². The maximum absolute atomic E-state index is 5.88. The molecule has 2 unspecified atom stereocenters. The quantitative estimate of drug-likeness (QED) is 0.789. The van der Waals surface area contributed by atoms with E-state index in [9.17, 15) is 0 Å². The molecule has 7 heteroatoms. The molecule has 1 aliphatic heterocycles. The summed E-state index contributed by atoms with van der Waals surface area (Å²) in [7, 11) is 1.62. The summed E-state index contributed by atoms with van der Waals surface area (Å²) in [6, 6.07) is -0.305. The van der Waals surface area contributed by atoms with E-state index in [4.69, 9.17) is 24.5 Å². The van der Waals surface area contributed by atoms with Crippen molar-refractivity contribution in [1.82, 2.24) is 10.1 Å². The molecule has 1 aromatic rings. The van der Waals surface area contributed by atoms with Crippen LogP contribution in [0.1, 0.15) is 30.3 Å². The Morgan fingerprint density at radius 1 is 1.53 bits per heavy atom. The number of aromatic nitrogens is 2. The molecule has 0 aliphatic carbocycles. The molecule has 2 N–H and O–H groups in total. The maximum Gasteiger partial charge on any atom is 0.243 e. The van der Waals surface area contributed by atoms with Crippen LogP contribution in [-0.2, 0) is 14.2 Å². The molecular formula is C10H17N3O4. The summed E-state index contributed by atoms with van der Waals surface area (Å²) in [6.07, 6.45) is 0.385. The van der Waals surface area contributed by atoms with E-state index in [0.29, 0.717) is 44.6 Å². The second-order valence-corrected chi connectivity index (χ2v) is 3.81. The van der Waals surface area contributed by atoms with Crippen molar-refractivity contribution in [2.45, 2.75) is 18.6 Å². The maximum atomic E-state index is 5.88. The highest BCUT2D eigenvalue weighted by molar-refractivity contribution is 4.95. The Labute approximate surface area is 99.2 Å². The lowest BCUT2D eigenvalue weighted by Gasteiger charge is -2.19. The third-order valence-electron chi connectivity index (χ3n) is 2.51. The van der Waals surface area contributed by atoms with Crippen LogP contribution in [0, 0.1) is 0 Å². The Bertz CT molecular complexity index is 338. The number of hydrogen-bond donors (Lipinski definition) is 1. The minimum absolute atomic E-state index is 0.254. The van der Waals surface area contributed by atoms with Crippen LogP contribution in [0.5, 0.6) is 0 Å². The summed E-state index contributed by atoms with van der Waals surface area (Å²) >= 11 is 0. The highest BCUT2D eigenvalue weighted by atomic mass is 16.6. The smallest absolute Gasteiger partial charge is 0.243 e. The molecular weight excluding hydrogens is 226 g/mol. The number of methoxy groups -OCH3 is 1. The fourth-order valence-corrected chi connectivity index (χ4v) is 1.53. The Morgan fingerprint density at radius 3 is 3.12 bits per heavy atom. The average molecular weight is 243 g/mol. The summed E-state index contributed by atoms with van der Waals surface area (Å²) in [5.74, 6) is 0.902. The van der Waals surface area contributed by atoms with E-state index in [-0.39, 0.29) is 12.1 Å². The Hall–Kier alpha value is -1.02. The lowest BCUT2D eigenvalue weighted by molar-refractivity contribution is -0.0941. The Morgan fingerprint density at radius 2 is 2.41 bits per heavy atom. The van der Waals surface area contributed by atoms with Gasteiger partial charge in [0.05, 0.1) is 25.9 Å². The summed E-state index contributed by atoms with van der Waals surface area (Å²) in [5.41, 5.74) is 5.88. The van der Waals surface area contributed by atoms with Gasteiger partial charge in [-0.15, -0.1) is 0 Å². The van der Waals surface area contributed by atoms with Crippen LogP contribution in [0.3, 0.4) is 0 Å². The number of hydrogen-bond acceptors (Lipinski definition) is 7. The molecule has 0 aromatic carbocycles. The minimum atomic E-state index is -0.305. The van der Waals surface area contributed by atoms with E-state index in [2.05, 4.69) is 10.1 Å². The highest BCUT2D eigenvalue weighted by Crippen LogP contribution is 2.20. The van der Waals surface area contributed by atoms with Crippen molar-refractivity contribution < 1.29 is 18.7 Å². The number of ether oxygens (including phenoxy) is 3. The number of nitrogens with two attached hydrogens (primary N) is 1. The second-order valence-electron chi connectivity index (χ2n) is 3.81. The zero-order chi connectivity index (χ0) is 12.1. The van der Waals surface area contributed by atoms with E-state index in [1.165, 1.54) is 0 Å². The van der Waals surface area contributed by atoms with E-state index < -0.39 is 0 Å². The van der Waals surface area contributed by atoms with Gasteiger partial charge in [-0.2, -0.15) is 4.98 Å². The van der Waals surface area contributed by atoms with Gasteiger partial charge in [0.2, 0.25) is 11.7 Å². The van der Waals surface area contributed by atoms with E-state index in [1.807, 2.05) is 0 Å². The van der Waals surface area contributed by atoms with Crippen molar-refractivity contribution in [3.8, 4) is 0 Å². The van der Waals surface area contributed by atoms with Crippen molar-refractivity contribution in [3.05, 3.63) is 11.7 Å². The fraction of sp³-hybridized carbons (Fsp3) is 0.800. The van der Waals surface area contributed by atoms with Crippen LogP contribution in [0.4, 0.5) is 0 Å². The first-order valence-electron chi connectivity index (χ1n) is 5.58.